The Bertz CT molecular complexity index is 157. The van der Waals surface area contributed by atoms with E-state index in [1.807, 2.05) is 0 Å². The van der Waals surface area contributed by atoms with Crippen LogP contribution in [0, 0.1) is 17.3 Å². The van der Waals surface area contributed by atoms with E-state index >= 15 is 0 Å². The van der Waals surface area contributed by atoms with Gasteiger partial charge in [0, 0.05) is 19.6 Å². The van der Waals surface area contributed by atoms with Gasteiger partial charge in [-0.2, -0.15) is 12.6 Å². The molecule has 1 aliphatic heterocycles. The van der Waals surface area contributed by atoms with Crippen molar-refractivity contribution in [3.63, 3.8) is 0 Å². The molecule has 13 heavy (non-hydrogen) atoms. The van der Waals surface area contributed by atoms with Gasteiger partial charge in [-0.1, -0.05) is 27.7 Å². The molecule has 0 radical (unpaired) electrons. The summed E-state index contributed by atoms with van der Waals surface area (Å²) in [6.45, 7) is 13.1. The molecule has 2 atom stereocenters. The van der Waals surface area contributed by atoms with Crippen LogP contribution in [-0.2, 0) is 0 Å². The number of hydrogen-bond donors (Lipinski definition) is 1. The van der Waals surface area contributed by atoms with Gasteiger partial charge in [0.25, 0.3) is 0 Å². The van der Waals surface area contributed by atoms with E-state index in [4.69, 9.17) is 0 Å². The zero-order valence-corrected chi connectivity index (χ0v) is 10.3. The van der Waals surface area contributed by atoms with Crippen LogP contribution in [0.15, 0.2) is 0 Å². The van der Waals surface area contributed by atoms with E-state index in [1.54, 1.807) is 0 Å². The topological polar surface area (TPSA) is 3.24 Å². The summed E-state index contributed by atoms with van der Waals surface area (Å²) in [5.74, 6) is 2.72. The molecule has 1 heterocycles. The van der Waals surface area contributed by atoms with Gasteiger partial charge in [0.2, 0.25) is 0 Å². The monoisotopic (exact) mass is 201 g/mol. The fourth-order valence-electron chi connectivity index (χ4n) is 2.03. The molecule has 0 amide bonds. The van der Waals surface area contributed by atoms with Crippen LogP contribution in [0.2, 0.25) is 0 Å². The van der Waals surface area contributed by atoms with Gasteiger partial charge in [-0.3, -0.25) is 0 Å². The SMILES string of the molecule is CC1CN(CC(C)(C)CS)CC1C. The van der Waals surface area contributed by atoms with Crippen molar-refractivity contribution in [2.75, 3.05) is 25.4 Å². The van der Waals surface area contributed by atoms with Crippen LogP contribution in [0.25, 0.3) is 0 Å². The maximum Gasteiger partial charge on any atom is 0.00407 e. The Kier molecular flexibility index (Phi) is 3.70. The fraction of sp³-hybridized carbons (Fsp3) is 1.00. The molecule has 1 aliphatic rings. The molecule has 1 rings (SSSR count). The van der Waals surface area contributed by atoms with Crippen molar-refractivity contribution in [1.82, 2.24) is 4.90 Å². The van der Waals surface area contributed by atoms with Crippen LogP contribution >= 0.6 is 12.6 Å². The quantitative estimate of drug-likeness (QED) is 0.687. The van der Waals surface area contributed by atoms with Crippen LogP contribution in [0.3, 0.4) is 0 Å². The molecule has 1 nitrogen and oxygen atoms in total. The lowest BCUT2D eigenvalue weighted by molar-refractivity contribution is 0.224. The first-order valence-corrected chi connectivity index (χ1v) is 5.91. The number of hydrogen-bond acceptors (Lipinski definition) is 2. The van der Waals surface area contributed by atoms with Crippen molar-refractivity contribution in [1.29, 1.82) is 0 Å². The highest BCUT2D eigenvalue weighted by molar-refractivity contribution is 7.80. The summed E-state index contributed by atoms with van der Waals surface area (Å²) in [5.41, 5.74) is 0.368. The summed E-state index contributed by atoms with van der Waals surface area (Å²) in [4.78, 5) is 2.59. The third-order valence-electron chi connectivity index (χ3n) is 3.14. The molecule has 0 aliphatic carbocycles. The van der Waals surface area contributed by atoms with Gasteiger partial charge in [-0.25, -0.2) is 0 Å². The normalized spacial score (nSPS) is 31.2. The molecule has 0 aromatic rings. The van der Waals surface area contributed by atoms with E-state index in [-0.39, 0.29) is 0 Å². The van der Waals surface area contributed by atoms with Gasteiger partial charge in [-0.15, -0.1) is 0 Å². The van der Waals surface area contributed by atoms with Crippen molar-refractivity contribution in [2.24, 2.45) is 17.3 Å². The summed E-state index contributed by atoms with van der Waals surface area (Å²) in [7, 11) is 0. The molecular formula is C11H23NS. The number of likely N-dealkylation sites (tertiary alicyclic amines) is 1. The van der Waals surface area contributed by atoms with E-state index in [1.165, 1.54) is 19.6 Å². The average molecular weight is 201 g/mol. The first-order valence-electron chi connectivity index (χ1n) is 5.28. The summed E-state index contributed by atoms with van der Waals surface area (Å²) in [5, 5.41) is 0. The van der Waals surface area contributed by atoms with Gasteiger partial charge < -0.3 is 4.90 Å². The Morgan fingerprint density at radius 2 is 1.69 bits per heavy atom. The molecule has 0 bridgehead atoms. The first kappa shape index (κ1) is 11.4. The molecule has 0 aromatic carbocycles. The lowest BCUT2D eigenvalue weighted by Gasteiger charge is -2.28. The first-order chi connectivity index (χ1) is 5.94. The van der Waals surface area contributed by atoms with Crippen LogP contribution in [-0.4, -0.2) is 30.3 Å². The largest absolute Gasteiger partial charge is 0.302 e. The number of nitrogens with zero attached hydrogens (tertiary/aromatic N) is 1. The van der Waals surface area contributed by atoms with Gasteiger partial charge in [-0.05, 0) is 23.0 Å². The summed E-state index contributed by atoms with van der Waals surface area (Å²) in [6, 6.07) is 0. The third kappa shape index (κ3) is 3.17. The van der Waals surface area contributed by atoms with Crippen molar-refractivity contribution in [2.45, 2.75) is 27.7 Å². The molecule has 2 heteroatoms. The lowest BCUT2D eigenvalue weighted by atomic mass is 9.96. The standard InChI is InChI=1S/C11H23NS/c1-9-5-12(6-10(9)2)7-11(3,4)8-13/h9-10,13H,5-8H2,1-4H3. The van der Waals surface area contributed by atoms with Crippen molar-refractivity contribution in [3.8, 4) is 0 Å². The summed E-state index contributed by atoms with van der Waals surface area (Å²) < 4.78 is 0. The maximum atomic E-state index is 4.39. The zero-order chi connectivity index (χ0) is 10.1. The molecule has 78 valence electrons. The van der Waals surface area contributed by atoms with Crippen LogP contribution in [0.5, 0.6) is 0 Å². The molecular weight excluding hydrogens is 178 g/mol. The molecule has 0 N–H and O–H groups in total. The van der Waals surface area contributed by atoms with E-state index in [0.717, 1.165) is 17.6 Å². The molecule has 0 spiro atoms. The minimum Gasteiger partial charge on any atom is -0.302 e. The Balaban J connectivity index is 2.40. The van der Waals surface area contributed by atoms with E-state index < -0.39 is 0 Å². The molecule has 0 saturated carbocycles. The van der Waals surface area contributed by atoms with Crippen LogP contribution in [0.1, 0.15) is 27.7 Å². The Hall–Kier alpha value is 0.310. The lowest BCUT2D eigenvalue weighted by Crippen LogP contribution is -2.34. The summed E-state index contributed by atoms with van der Waals surface area (Å²) in [6.07, 6.45) is 0. The van der Waals surface area contributed by atoms with Gasteiger partial charge in [0.15, 0.2) is 0 Å². The minimum absolute atomic E-state index is 0.368. The Labute approximate surface area is 88.3 Å². The Morgan fingerprint density at radius 3 is 2.08 bits per heavy atom. The molecule has 1 saturated heterocycles. The van der Waals surface area contributed by atoms with Gasteiger partial charge in [0.1, 0.15) is 0 Å². The predicted molar refractivity (Wildman–Crippen MR) is 62.4 cm³/mol. The second-order valence-corrected chi connectivity index (χ2v) is 5.79. The van der Waals surface area contributed by atoms with Crippen molar-refractivity contribution in [3.05, 3.63) is 0 Å². The molecule has 1 fully saturated rings. The second kappa shape index (κ2) is 4.22. The highest BCUT2D eigenvalue weighted by Crippen LogP contribution is 2.26. The zero-order valence-electron chi connectivity index (χ0n) is 9.38. The van der Waals surface area contributed by atoms with E-state index in [2.05, 4.69) is 45.2 Å². The summed E-state index contributed by atoms with van der Waals surface area (Å²) >= 11 is 4.39. The average Bonchev–Trinajstić information content (AvgIpc) is 2.30. The molecule has 0 aromatic heterocycles. The van der Waals surface area contributed by atoms with Crippen LogP contribution < -0.4 is 0 Å². The van der Waals surface area contributed by atoms with Gasteiger partial charge >= 0.3 is 0 Å². The molecule has 2 unspecified atom stereocenters. The smallest absolute Gasteiger partial charge is 0.00407 e. The second-order valence-electron chi connectivity index (χ2n) is 5.47. The maximum absolute atomic E-state index is 4.39. The van der Waals surface area contributed by atoms with E-state index in [9.17, 15) is 0 Å². The van der Waals surface area contributed by atoms with E-state index in [0.29, 0.717) is 5.41 Å². The Morgan fingerprint density at radius 1 is 1.23 bits per heavy atom. The minimum atomic E-state index is 0.368. The number of thiol groups is 1. The third-order valence-corrected chi connectivity index (χ3v) is 4.00. The van der Waals surface area contributed by atoms with Crippen molar-refractivity contribution < 1.29 is 0 Å². The van der Waals surface area contributed by atoms with Crippen LogP contribution in [0.4, 0.5) is 0 Å². The highest BCUT2D eigenvalue weighted by Gasteiger charge is 2.29. The fourth-order valence-corrected chi connectivity index (χ4v) is 2.13. The van der Waals surface area contributed by atoms with Gasteiger partial charge in [0.05, 0.1) is 0 Å². The van der Waals surface area contributed by atoms with Crippen molar-refractivity contribution >= 4 is 12.6 Å². The number of rotatable bonds is 3. The predicted octanol–water partition coefficient (Wildman–Crippen LogP) is 2.53. The highest BCUT2D eigenvalue weighted by atomic mass is 32.1.